The third kappa shape index (κ3) is 3.37. The summed E-state index contributed by atoms with van der Waals surface area (Å²) in [6, 6.07) is 20.4. The van der Waals surface area contributed by atoms with Crippen LogP contribution in [0.3, 0.4) is 0 Å². The van der Waals surface area contributed by atoms with Crippen LogP contribution in [-0.4, -0.2) is 17.3 Å². The van der Waals surface area contributed by atoms with Crippen LogP contribution in [0.15, 0.2) is 66.9 Å². The minimum Gasteiger partial charge on any atom is -0.493 e. The molecule has 0 saturated heterocycles. The van der Waals surface area contributed by atoms with Gasteiger partial charge in [0, 0.05) is 29.3 Å². The molecule has 2 aromatic carbocycles. The first kappa shape index (κ1) is 14.0. The SMILES string of the molecule is SCC(COc1ccc2cccnc2c1)c1ccccc1. The number of hydrogen-bond acceptors (Lipinski definition) is 3. The number of nitrogens with zero attached hydrogens (tertiary/aromatic N) is 1. The van der Waals surface area contributed by atoms with E-state index in [-0.39, 0.29) is 5.92 Å². The molecular formula is C18H17NOS. The Hall–Kier alpha value is -2.00. The first-order valence-electron chi connectivity index (χ1n) is 7.00. The van der Waals surface area contributed by atoms with Crippen molar-refractivity contribution >= 4 is 23.5 Å². The standard InChI is InChI=1S/C18H17NOS/c21-13-16(14-5-2-1-3-6-14)12-20-17-9-8-15-7-4-10-19-18(15)11-17/h1-11,16,21H,12-13H2. The van der Waals surface area contributed by atoms with Crippen molar-refractivity contribution < 1.29 is 4.74 Å². The minimum atomic E-state index is 0.286. The van der Waals surface area contributed by atoms with Crippen LogP contribution < -0.4 is 4.74 Å². The fourth-order valence-electron chi connectivity index (χ4n) is 2.31. The van der Waals surface area contributed by atoms with Crippen LogP contribution >= 0.6 is 12.6 Å². The molecule has 1 atom stereocenters. The van der Waals surface area contributed by atoms with Crippen LogP contribution in [0.5, 0.6) is 5.75 Å². The third-order valence-corrected chi connectivity index (χ3v) is 3.96. The quantitative estimate of drug-likeness (QED) is 0.708. The monoisotopic (exact) mass is 295 g/mol. The Bertz CT molecular complexity index is 714. The molecule has 1 heterocycles. The van der Waals surface area contributed by atoms with Gasteiger partial charge < -0.3 is 4.74 Å². The molecule has 3 rings (SSSR count). The summed E-state index contributed by atoms with van der Waals surface area (Å²) >= 11 is 4.44. The van der Waals surface area contributed by atoms with Gasteiger partial charge in [0.15, 0.2) is 0 Å². The van der Waals surface area contributed by atoms with E-state index in [4.69, 9.17) is 4.74 Å². The Kier molecular flexibility index (Phi) is 4.41. The Morgan fingerprint density at radius 1 is 1.00 bits per heavy atom. The number of rotatable bonds is 5. The van der Waals surface area contributed by atoms with Crippen LogP contribution in [0.2, 0.25) is 0 Å². The highest BCUT2D eigenvalue weighted by Gasteiger charge is 2.10. The average Bonchev–Trinajstić information content (AvgIpc) is 2.56. The summed E-state index contributed by atoms with van der Waals surface area (Å²) in [6.07, 6.45) is 1.80. The second kappa shape index (κ2) is 6.64. The number of ether oxygens (including phenoxy) is 1. The topological polar surface area (TPSA) is 22.1 Å². The summed E-state index contributed by atoms with van der Waals surface area (Å²) < 4.78 is 5.93. The van der Waals surface area contributed by atoms with Gasteiger partial charge in [0.25, 0.3) is 0 Å². The van der Waals surface area contributed by atoms with Crippen LogP contribution in [-0.2, 0) is 0 Å². The van der Waals surface area contributed by atoms with E-state index in [0.717, 1.165) is 22.4 Å². The van der Waals surface area contributed by atoms with E-state index in [0.29, 0.717) is 6.61 Å². The van der Waals surface area contributed by atoms with Gasteiger partial charge in [-0.3, -0.25) is 4.98 Å². The van der Waals surface area contributed by atoms with Gasteiger partial charge in [-0.2, -0.15) is 12.6 Å². The first-order chi connectivity index (χ1) is 10.4. The van der Waals surface area contributed by atoms with Crippen molar-refractivity contribution in [2.45, 2.75) is 5.92 Å². The summed E-state index contributed by atoms with van der Waals surface area (Å²) in [5.74, 6) is 1.90. The lowest BCUT2D eigenvalue weighted by atomic mass is 10.0. The Morgan fingerprint density at radius 2 is 1.86 bits per heavy atom. The summed E-state index contributed by atoms with van der Waals surface area (Å²) in [4.78, 5) is 4.35. The Morgan fingerprint density at radius 3 is 2.67 bits per heavy atom. The highest BCUT2D eigenvalue weighted by Crippen LogP contribution is 2.22. The van der Waals surface area contributed by atoms with Crippen LogP contribution in [0, 0.1) is 0 Å². The highest BCUT2D eigenvalue weighted by molar-refractivity contribution is 7.80. The maximum atomic E-state index is 5.93. The van der Waals surface area contributed by atoms with Gasteiger partial charge in [0.2, 0.25) is 0 Å². The lowest BCUT2D eigenvalue weighted by Gasteiger charge is -2.16. The summed E-state index contributed by atoms with van der Waals surface area (Å²) in [6.45, 7) is 0.617. The summed E-state index contributed by atoms with van der Waals surface area (Å²) in [5, 5.41) is 1.12. The molecule has 106 valence electrons. The van der Waals surface area contributed by atoms with E-state index in [1.807, 2.05) is 48.5 Å². The van der Waals surface area contributed by atoms with Gasteiger partial charge in [-0.15, -0.1) is 0 Å². The Labute approximate surface area is 130 Å². The molecule has 0 saturated carbocycles. The van der Waals surface area contributed by atoms with Gasteiger partial charge in [-0.25, -0.2) is 0 Å². The lowest BCUT2D eigenvalue weighted by Crippen LogP contribution is -2.11. The average molecular weight is 295 g/mol. The van der Waals surface area contributed by atoms with Gasteiger partial charge in [0.1, 0.15) is 5.75 Å². The number of thiol groups is 1. The second-order valence-corrected chi connectivity index (χ2v) is 5.32. The molecule has 0 amide bonds. The molecule has 21 heavy (non-hydrogen) atoms. The van der Waals surface area contributed by atoms with Crippen molar-refractivity contribution in [3.05, 3.63) is 72.4 Å². The summed E-state index contributed by atoms with van der Waals surface area (Å²) in [7, 11) is 0. The normalized spacial score (nSPS) is 12.2. The van der Waals surface area contributed by atoms with E-state index < -0.39 is 0 Å². The van der Waals surface area contributed by atoms with E-state index in [1.54, 1.807) is 6.20 Å². The van der Waals surface area contributed by atoms with E-state index >= 15 is 0 Å². The van der Waals surface area contributed by atoms with Gasteiger partial charge in [0.05, 0.1) is 12.1 Å². The predicted octanol–water partition coefficient (Wildman–Crippen LogP) is 4.33. The number of hydrogen-bond donors (Lipinski definition) is 1. The van der Waals surface area contributed by atoms with Crippen LogP contribution in [0.1, 0.15) is 11.5 Å². The van der Waals surface area contributed by atoms with Crippen molar-refractivity contribution in [2.24, 2.45) is 0 Å². The largest absolute Gasteiger partial charge is 0.493 e. The zero-order chi connectivity index (χ0) is 14.5. The molecule has 0 radical (unpaired) electrons. The number of benzene rings is 2. The van der Waals surface area contributed by atoms with Crippen molar-refractivity contribution in [3.8, 4) is 5.75 Å². The predicted molar refractivity (Wildman–Crippen MR) is 90.3 cm³/mol. The molecule has 0 aliphatic heterocycles. The van der Waals surface area contributed by atoms with Crippen molar-refractivity contribution in [1.82, 2.24) is 4.98 Å². The third-order valence-electron chi connectivity index (χ3n) is 3.52. The molecule has 0 fully saturated rings. The number of pyridine rings is 1. The fourth-order valence-corrected chi connectivity index (χ4v) is 2.63. The number of aromatic nitrogens is 1. The van der Waals surface area contributed by atoms with Crippen LogP contribution in [0.4, 0.5) is 0 Å². The molecule has 0 spiro atoms. The van der Waals surface area contributed by atoms with Crippen molar-refractivity contribution in [2.75, 3.05) is 12.4 Å². The van der Waals surface area contributed by atoms with Crippen molar-refractivity contribution in [3.63, 3.8) is 0 Å². The van der Waals surface area contributed by atoms with E-state index in [9.17, 15) is 0 Å². The molecule has 3 aromatic rings. The molecule has 2 nitrogen and oxygen atoms in total. The zero-order valence-electron chi connectivity index (χ0n) is 11.6. The van der Waals surface area contributed by atoms with Gasteiger partial charge in [-0.1, -0.05) is 36.4 Å². The van der Waals surface area contributed by atoms with Crippen LogP contribution in [0.25, 0.3) is 10.9 Å². The molecule has 1 unspecified atom stereocenters. The minimum absolute atomic E-state index is 0.286. The Balaban J connectivity index is 1.73. The molecular weight excluding hydrogens is 278 g/mol. The maximum absolute atomic E-state index is 5.93. The van der Waals surface area contributed by atoms with Gasteiger partial charge >= 0.3 is 0 Å². The summed E-state index contributed by atoms with van der Waals surface area (Å²) in [5.41, 5.74) is 2.21. The molecule has 0 bridgehead atoms. The second-order valence-electron chi connectivity index (χ2n) is 4.96. The zero-order valence-corrected chi connectivity index (χ0v) is 12.5. The molecule has 0 N–H and O–H groups in total. The molecule has 0 aliphatic carbocycles. The molecule has 0 aliphatic rings. The highest BCUT2D eigenvalue weighted by atomic mass is 32.1. The van der Waals surface area contributed by atoms with Crippen molar-refractivity contribution in [1.29, 1.82) is 0 Å². The lowest BCUT2D eigenvalue weighted by molar-refractivity contribution is 0.298. The smallest absolute Gasteiger partial charge is 0.121 e. The molecule has 3 heteroatoms. The first-order valence-corrected chi connectivity index (χ1v) is 7.63. The van der Waals surface area contributed by atoms with E-state index in [1.165, 1.54) is 5.56 Å². The fraction of sp³-hybridized carbons (Fsp3) is 0.167. The molecule has 1 aromatic heterocycles. The number of fused-ring (bicyclic) bond motifs is 1. The van der Waals surface area contributed by atoms with Gasteiger partial charge in [-0.05, 0) is 23.8 Å². The maximum Gasteiger partial charge on any atom is 0.121 e. The van der Waals surface area contributed by atoms with E-state index in [2.05, 4.69) is 29.7 Å².